The monoisotopic (exact) mass is 181 g/mol. The summed E-state index contributed by atoms with van der Waals surface area (Å²) < 4.78 is 0. The Labute approximate surface area is 77.6 Å². The van der Waals surface area contributed by atoms with Crippen molar-refractivity contribution >= 4 is 16.3 Å². The Kier molecular flexibility index (Phi) is 1.69. The lowest BCUT2D eigenvalue weighted by atomic mass is 9.76. The molecular formula is C10H15NS. The average molecular weight is 181 g/mol. The van der Waals surface area contributed by atoms with Gasteiger partial charge in [0.05, 0.1) is 5.00 Å². The van der Waals surface area contributed by atoms with Crippen molar-refractivity contribution in [2.24, 2.45) is 0 Å². The lowest BCUT2D eigenvalue weighted by Gasteiger charge is -2.29. The highest BCUT2D eigenvalue weighted by Crippen LogP contribution is 2.41. The number of fused-ring (bicyclic) bond motifs is 1. The smallest absolute Gasteiger partial charge is 0.0862 e. The predicted octanol–water partition coefficient (Wildman–Crippen LogP) is 2.94. The van der Waals surface area contributed by atoms with Crippen LogP contribution in [0.5, 0.6) is 0 Å². The maximum absolute atomic E-state index is 5.80. The summed E-state index contributed by atoms with van der Waals surface area (Å²) >= 11 is 1.77. The van der Waals surface area contributed by atoms with E-state index in [1.807, 2.05) is 0 Å². The summed E-state index contributed by atoms with van der Waals surface area (Å²) in [7, 11) is 0. The van der Waals surface area contributed by atoms with Crippen LogP contribution in [-0.4, -0.2) is 0 Å². The van der Waals surface area contributed by atoms with Gasteiger partial charge in [-0.05, 0) is 36.3 Å². The molecule has 2 heteroatoms. The van der Waals surface area contributed by atoms with Crippen molar-refractivity contribution < 1.29 is 0 Å². The van der Waals surface area contributed by atoms with Gasteiger partial charge in [0, 0.05) is 4.88 Å². The van der Waals surface area contributed by atoms with Gasteiger partial charge in [0.15, 0.2) is 0 Å². The van der Waals surface area contributed by atoms with Crippen molar-refractivity contribution in [3.8, 4) is 0 Å². The Bertz CT molecular complexity index is 299. The summed E-state index contributed by atoms with van der Waals surface area (Å²) in [6.07, 6.45) is 3.86. The Hall–Kier alpha value is -0.500. The normalized spacial score (nSPS) is 20.5. The van der Waals surface area contributed by atoms with E-state index in [4.69, 9.17) is 5.73 Å². The molecule has 1 aliphatic rings. The Balaban J connectivity index is 2.51. The first kappa shape index (κ1) is 8.11. The average Bonchev–Trinajstić information content (AvgIpc) is 2.30. The molecule has 0 fully saturated rings. The second-order valence-electron chi connectivity index (χ2n) is 4.22. The number of hydrogen-bond donors (Lipinski definition) is 1. The maximum atomic E-state index is 5.80. The van der Waals surface area contributed by atoms with Crippen LogP contribution >= 0.6 is 11.3 Å². The highest BCUT2D eigenvalue weighted by atomic mass is 32.1. The van der Waals surface area contributed by atoms with Crippen LogP contribution in [0.1, 0.15) is 37.1 Å². The van der Waals surface area contributed by atoms with E-state index in [9.17, 15) is 0 Å². The number of nitrogens with two attached hydrogens (primary N) is 1. The Morgan fingerprint density at radius 3 is 2.92 bits per heavy atom. The van der Waals surface area contributed by atoms with Crippen LogP contribution in [0.4, 0.5) is 5.00 Å². The van der Waals surface area contributed by atoms with E-state index in [0.717, 1.165) is 5.00 Å². The fourth-order valence-electron chi connectivity index (χ4n) is 2.03. The second kappa shape index (κ2) is 2.49. The molecule has 2 rings (SSSR count). The molecule has 0 aromatic carbocycles. The summed E-state index contributed by atoms with van der Waals surface area (Å²) in [5.41, 5.74) is 7.66. The molecular weight excluding hydrogens is 166 g/mol. The zero-order chi connectivity index (χ0) is 8.77. The second-order valence-corrected chi connectivity index (χ2v) is 5.39. The molecule has 66 valence electrons. The quantitative estimate of drug-likeness (QED) is 0.654. The third kappa shape index (κ3) is 1.14. The standard InChI is InChI=1S/C10H15NS/c1-10(2)5-3-4-8-7(10)6-9(11)12-8/h6H,3-5,11H2,1-2H3. The number of nitrogen functional groups attached to an aromatic ring is 1. The maximum Gasteiger partial charge on any atom is 0.0862 e. The zero-order valence-corrected chi connectivity index (χ0v) is 8.50. The largest absolute Gasteiger partial charge is 0.391 e. The molecule has 0 amide bonds. The van der Waals surface area contributed by atoms with E-state index in [1.54, 1.807) is 11.3 Å². The van der Waals surface area contributed by atoms with Gasteiger partial charge in [-0.2, -0.15) is 0 Å². The number of rotatable bonds is 0. The molecule has 0 aliphatic heterocycles. The van der Waals surface area contributed by atoms with Crippen molar-refractivity contribution in [1.82, 2.24) is 0 Å². The van der Waals surface area contributed by atoms with Crippen LogP contribution in [0.25, 0.3) is 0 Å². The Morgan fingerprint density at radius 2 is 2.25 bits per heavy atom. The first-order valence-electron chi connectivity index (χ1n) is 4.48. The molecule has 0 radical (unpaired) electrons. The Morgan fingerprint density at radius 1 is 1.50 bits per heavy atom. The van der Waals surface area contributed by atoms with E-state index >= 15 is 0 Å². The molecule has 1 aromatic heterocycles. The molecule has 0 unspecified atom stereocenters. The third-order valence-electron chi connectivity index (χ3n) is 2.76. The molecule has 1 nitrogen and oxygen atoms in total. The van der Waals surface area contributed by atoms with E-state index in [1.165, 1.54) is 29.7 Å². The highest BCUT2D eigenvalue weighted by Gasteiger charge is 2.28. The minimum atomic E-state index is 0.363. The van der Waals surface area contributed by atoms with Gasteiger partial charge in [0.25, 0.3) is 0 Å². The zero-order valence-electron chi connectivity index (χ0n) is 7.68. The molecule has 0 atom stereocenters. The van der Waals surface area contributed by atoms with Gasteiger partial charge in [-0.15, -0.1) is 11.3 Å². The van der Waals surface area contributed by atoms with Gasteiger partial charge in [0.2, 0.25) is 0 Å². The summed E-state index contributed by atoms with van der Waals surface area (Å²) in [5, 5.41) is 0.981. The van der Waals surface area contributed by atoms with E-state index in [2.05, 4.69) is 19.9 Å². The summed E-state index contributed by atoms with van der Waals surface area (Å²) in [4.78, 5) is 1.52. The molecule has 1 aliphatic carbocycles. The van der Waals surface area contributed by atoms with E-state index in [0.29, 0.717) is 5.41 Å². The van der Waals surface area contributed by atoms with E-state index < -0.39 is 0 Å². The molecule has 0 saturated heterocycles. The van der Waals surface area contributed by atoms with Crippen molar-refractivity contribution in [3.63, 3.8) is 0 Å². The highest BCUT2D eigenvalue weighted by molar-refractivity contribution is 7.16. The van der Waals surface area contributed by atoms with Crippen molar-refractivity contribution in [3.05, 3.63) is 16.5 Å². The SMILES string of the molecule is CC1(C)CCCc2sc(N)cc21. The van der Waals surface area contributed by atoms with Gasteiger partial charge in [-0.25, -0.2) is 0 Å². The third-order valence-corrected chi connectivity index (χ3v) is 3.79. The number of thiophene rings is 1. The van der Waals surface area contributed by atoms with Gasteiger partial charge in [0.1, 0.15) is 0 Å². The van der Waals surface area contributed by atoms with Crippen molar-refractivity contribution in [1.29, 1.82) is 0 Å². The van der Waals surface area contributed by atoms with Gasteiger partial charge >= 0.3 is 0 Å². The van der Waals surface area contributed by atoms with E-state index in [-0.39, 0.29) is 0 Å². The lowest BCUT2D eigenvalue weighted by molar-refractivity contribution is 0.436. The number of anilines is 1. The first-order chi connectivity index (χ1) is 5.59. The molecule has 1 aromatic rings. The van der Waals surface area contributed by atoms with Gasteiger partial charge in [-0.3, -0.25) is 0 Å². The van der Waals surface area contributed by atoms with Crippen LogP contribution < -0.4 is 5.73 Å². The number of hydrogen-bond acceptors (Lipinski definition) is 2. The topological polar surface area (TPSA) is 26.0 Å². The van der Waals surface area contributed by atoms with Crippen LogP contribution in [0, 0.1) is 0 Å². The molecule has 0 saturated carbocycles. The predicted molar refractivity (Wildman–Crippen MR) is 54.7 cm³/mol. The van der Waals surface area contributed by atoms with Gasteiger partial charge < -0.3 is 5.73 Å². The minimum Gasteiger partial charge on any atom is -0.391 e. The molecule has 1 heterocycles. The fourth-order valence-corrected chi connectivity index (χ4v) is 3.19. The van der Waals surface area contributed by atoms with Gasteiger partial charge in [-0.1, -0.05) is 13.8 Å². The van der Waals surface area contributed by atoms with Crippen molar-refractivity contribution in [2.75, 3.05) is 5.73 Å². The molecule has 0 spiro atoms. The summed E-state index contributed by atoms with van der Waals surface area (Å²) in [6.45, 7) is 4.63. The van der Waals surface area contributed by atoms with Crippen molar-refractivity contribution in [2.45, 2.75) is 38.5 Å². The first-order valence-corrected chi connectivity index (χ1v) is 5.30. The summed E-state index contributed by atoms with van der Waals surface area (Å²) in [6, 6.07) is 2.17. The van der Waals surface area contributed by atoms with Crippen LogP contribution in [-0.2, 0) is 11.8 Å². The van der Waals surface area contributed by atoms with Crippen LogP contribution in [0.2, 0.25) is 0 Å². The molecule has 12 heavy (non-hydrogen) atoms. The summed E-state index contributed by atoms with van der Waals surface area (Å²) in [5.74, 6) is 0. The van der Waals surface area contributed by atoms with Crippen LogP contribution in [0.3, 0.4) is 0 Å². The lowest BCUT2D eigenvalue weighted by Crippen LogP contribution is -2.21. The minimum absolute atomic E-state index is 0.363. The molecule has 0 bridgehead atoms. The fraction of sp³-hybridized carbons (Fsp3) is 0.600. The van der Waals surface area contributed by atoms with Crippen LogP contribution in [0.15, 0.2) is 6.07 Å². The number of aryl methyl sites for hydroxylation is 1. The molecule has 2 N–H and O–H groups in total.